The summed E-state index contributed by atoms with van der Waals surface area (Å²) in [6.07, 6.45) is 0.122. The molecular weight excluding hydrogens is 564 g/mol. The lowest BCUT2D eigenvalue weighted by atomic mass is 10.0. The topological polar surface area (TPSA) is 135 Å². The van der Waals surface area contributed by atoms with Gasteiger partial charge < -0.3 is 35.1 Å². The second-order valence-corrected chi connectivity index (χ2v) is 10.4. The van der Waals surface area contributed by atoms with Gasteiger partial charge in [-0.05, 0) is 55.3 Å². The SMILES string of the molecule is COc1ccc(OCCNC(=O)[C@@H]2CC(=O)N[C@@H](C)C(=O)N(C)[C@@H](Cc3ccccc3)COc3ccccc3C(=O)N2)cc1. The zero-order valence-corrected chi connectivity index (χ0v) is 25.1. The van der Waals surface area contributed by atoms with Crippen molar-refractivity contribution < 1.29 is 33.4 Å². The Morgan fingerprint density at radius 3 is 2.36 bits per heavy atom. The molecule has 3 aromatic carbocycles. The third kappa shape index (κ3) is 8.73. The molecule has 0 saturated carbocycles. The number of methoxy groups -OCH3 is 1. The van der Waals surface area contributed by atoms with E-state index in [1.165, 1.54) is 0 Å². The van der Waals surface area contributed by atoms with Gasteiger partial charge in [-0.2, -0.15) is 0 Å². The number of rotatable bonds is 8. The van der Waals surface area contributed by atoms with Crippen molar-refractivity contribution in [3.8, 4) is 17.2 Å². The lowest BCUT2D eigenvalue weighted by molar-refractivity contribution is -0.137. The van der Waals surface area contributed by atoms with Crippen molar-refractivity contribution in [3.63, 3.8) is 0 Å². The highest BCUT2D eigenvalue weighted by Gasteiger charge is 2.30. The molecule has 0 fully saturated rings. The summed E-state index contributed by atoms with van der Waals surface area (Å²) in [5.74, 6) is -0.435. The summed E-state index contributed by atoms with van der Waals surface area (Å²) in [5, 5.41) is 8.06. The van der Waals surface area contributed by atoms with E-state index in [2.05, 4.69) is 16.0 Å². The lowest BCUT2D eigenvalue weighted by Gasteiger charge is -2.31. The van der Waals surface area contributed by atoms with Gasteiger partial charge in [0.25, 0.3) is 5.91 Å². The molecule has 1 aliphatic rings. The fourth-order valence-corrected chi connectivity index (χ4v) is 4.78. The molecule has 0 spiro atoms. The van der Waals surface area contributed by atoms with Crippen molar-refractivity contribution in [2.75, 3.05) is 33.9 Å². The van der Waals surface area contributed by atoms with Crippen molar-refractivity contribution in [1.29, 1.82) is 0 Å². The zero-order valence-electron chi connectivity index (χ0n) is 25.1. The highest BCUT2D eigenvalue weighted by atomic mass is 16.5. The van der Waals surface area contributed by atoms with Crippen LogP contribution in [0.15, 0.2) is 78.9 Å². The largest absolute Gasteiger partial charge is 0.497 e. The summed E-state index contributed by atoms with van der Waals surface area (Å²) in [5.41, 5.74) is 1.21. The molecule has 11 heteroatoms. The summed E-state index contributed by atoms with van der Waals surface area (Å²) in [4.78, 5) is 54.6. The molecule has 11 nitrogen and oxygen atoms in total. The van der Waals surface area contributed by atoms with Gasteiger partial charge in [-0.3, -0.25) is 19.2 Å². The van der Waals surface area contributed by atoms with Crippen LogP contribution in [0.5, 0.6) is 17.2 Å². The average Bonchev–Trinajstić information content (AvgIpc) is 3.04. The van der Waals surface area contributed by atoms with E-state index in [1.807, 2.05) is 30.3 Å². The number of likely N-dealkylation sites (N-methyl/N-ethyl adjacent to an activating group) is 1. The van der Waals surface area contributed by atoms with Crippen LogP contribution in [0.25, 0.3) is 0 Å². The molecule has 1 heterocycles. The highest BCUT2D eigenvalue weighted by Crippen LogP contribution is 2.21. The fourth-order valence-electron chi connectivity index (χ4n) is 4.78. The molecule has 0 unspecified atom stereocenters. The Labute approximate surface area is 256 Å². The maximum absolute atomic E-state index is 13.4. The van der Waals surface area contributed by atoms with Crippen LogP contribution in [-0.2, 0) is 20.8 Å². The van der Waals surface area contributed by atoms with E-state index in [1.54, 1.807) is 74.5 Å². The van der Waals surface area contributed by atoms with Crippen molar-refractivity contribution >= 4 is 23.6 Å². The molecule has 0 aromatic heterocycles. The minimum atomic E-state index is -1.22. The molecule has 4 amide bonds. The second-order valence-electron chi connectivity index (χ2n) is 10.4. The Kier molecular flexibility index (Phi) is 11.2. The summed E-state index contributed by atoms with van der Waals surface area (Å²) >= 11 is 0. The molecule has 3 aromatic rings. The lowest BCUT2D eigenvalue weighted by Crippen LogP contribution is -2.54. The summed E-state index contributed by atoms with van der Waals surface area (Å²) in [6, 6.07) is 20.9. The smallest absolute Gasteiger partial charge is 0.255 e. The normalized spacial score (nSPS) is 19.4. The van der Waals surface area contributed by atoms with Crippen LogP contribution in [0.3, 0.4) is 0 Å². The summed E-state index contributed by atoms with van der Waals surface area (Å²) < 4.78 is 16.9. The number of hydrogen-bond acceptors (Lipinski definition) is 7. The number of fused-ring (bicyclic) bond motifs is 1. The molecule has 3 N–H and O–H groups in total. The van der Waals surface area contributed by atoms with E-state index in [0.29, 0.717) is 23.7 Å². The number of amides is 4. The number of para-hydroxylation sites is 1. The number of nitrogens with zero attached hydrogens (tertiary/aromatic N) is 1. The van der Waals surface area contributed by atoms with Gasteiger partial charge >= 0.3 is 0 Å². The molecular formula is C33H38N4O7. The predicted molar refractivity (Wildman–Crippen MR) is 164 cm³/mol. The van der Waals surface area contributed by atoms with Gasteiger partial charge in [-0.1, -0.05) is 42.5 Å². The zero-order chi connectivity index (χ0) is 31.5. The summed E-state index contributed by atoms with van der Waals surface area (Å²) in [7, 11) is 3.23. The van der Waals surface area contributed by atoms with Gasteiger partial charge in [0.05, 0.1) is 31.7 Å². The molecule has 0 aliphatic carbocycles. The van der Waals surface area contributed by atoms with E-state index in [4.69, 9.17) is 14.2 Å². The van der Waals surface area contributed by atoms with E-state index in [0.717, 1.165) is 5.56 Å². The molecule has 0 saturated heterocycles. The number of nitrogens with one attached hydrogen (secondary N) is 3. The Balaban J connectivity index is 1.49. The van der Waals surface area contributed by atoms with E-state index < -0.39 is 29.8 Å². The number of benzene rings is 3. The number of carbonyl (C=O) groups is 4. The van der Waals surface area contributed by atoms with Crippen molar-refractivity contribution in [2.45, 2.75) is 37.9 Å². The fraction of sp³-hybridized carbons (Fsp3) is 0.333. The van der Waals surface area contributed by atoms with Crippen molar-refractivity contribution in [3.05, 3.63) is 90.0 Å². The molecule has 1 aliphatic heterocycles. The first-order valence-corrected chi connectivity index (χ1v) is 14.4. The molecule has 44 heavy (non-hydrogen) atoms. The van der Waals surface area contributed by atoms with Crippen molar-refractivity contribution in [1.82, 2.24) is 20.9 Å². The van der Waals surface area contributed by atoms with Crippen LogP contribution in [0, 0.1) is 0 Å². The molecule has 0 radical (unpaired) electrons. The van der Waals surface area contributed by atoms with Gasteiger partial charge in [0.15, 0.2) is 0 Å². The Hall–Kier alpha value is -5.06. The van der Waals surface area contributed by atoms with Crippen LogP contribution in [0.2, 0.25) is 0 Å². The van der Waals surface area contributed by atoms with Crippen LogP contribution in [-0.4, -0.2) is 80.6 Å². The van der Waals surface area contributed by atoms with E-state index in [9.17, 15) is 19.2 Å². The second kappa shape index (κ2) is 15.4. The maximum Gasteiger partial charge on any atom is 0.255 e. The minimum Gasteiger partial charge on any atom is -0.497 e. The highest BCUT2D eigenvalue weighted by molar-refractivity contribution is 6.01. The first kappa shape index (κ1) is 31.9. The van der Waals surface area contributed by atoms with Crippen LogP contribution < -0.4 is 30.2 Å². The van der Waals surface area contributed by atoms with Gasteiger partial charge in [0, 0.05) is 7.05 Å². The first-order chi connectivity index (χ1) is 21.2. The van der Waals surface area contributed by atoms with Crippen LogP contribution in [0.4, 0.5) is 0 Å². The monoisotopic (exact) mass is 602 g/mol. The van der Waals surface area contributed by atoms with Gasteiger partial charge in [-0.25, -0.2) is 0 Å². The molecule has 232 valence electrons. The number of hydrogen-bond donors (Lipinski definition) is 3. The molecule has 4 rings (SSSR count). The third-order valence-electron chi connectivity index (χ3n) is 7.26. The Morgan fingerprint density at radius 2 is 1.64 bits per heavy atom. The third-order valence-corrected chi connectivity index (χ3v) is 7.26. The van der Waals surface area contributed by atoms with E-state index >= 15 is 0 Å². The van der Waals surface area contributed by atoms with Gasteiger partial charge in [0.2, 0.25) is 17.7 Å². The Bertz CT molecular complexity index is 1430. The summed E-state index contributed by atoms with van der Waals surface area (Å²) in [6.45, 7) is 1.97. The van der Waals surface area contributed by atoms with E-state index in [-0.39, 0.29) is 43.7 Å². The average molecular weight is 603 g/mol. The predicted octanol–water partition coefficient (Wildman–Crippen LogP) is 2.35. The Morgan fingerprint density at radius 1 is 0.955 bits per heavy atom. The van der Waals surface area contributed by atoms with Gasteiger partial charge in [-0.15, -0.1) is 0 Å². The van der Waals surface area contributed by atoms with Crippen molar-refractivity contribution in [2.24, 2.45) is 0 Å². The van der Waals surface area contributed by atoms with Crippen LogP contribution >= 0.6 is 0 Å². The molecule has 0 bridgehead atoms. The number of carbonyl (C=O) groups excluding carboxylic acids is 4. The quantitative estimate of drug-likeness (QED) is 0.337. The molecule has 3 atom stereocenters. The maximum atomic E-state index is 13.4. The standard InChI is InChI=1S/C33H38N4O7/c1-22-33(41)37(2)24(19-23-9-5-4-6-10-23)21-44-29-12-8-7-11-27(29)31(39)36-28(20-30(38)35-22)32(40)34-17-18-43-26-15-13-25(42-3)14-16-26/h4-16,22,24,28H,17-21H2,1-3H3,(H,34,40)(H,35,38)(H,36,39)/t22-,24-,28-/m0/s1. The van der Waals surface area contributed by atoms with Gasteiger partial charge in [0.1, 0.15) is 42.5 Å². The minimum absolute atomic E-state index is 0.0974. The first-order valence-electron chi connectivity index (χ1n) is 14.4. The van der Waals surface area contributed by atoms with Crippen LogP contribution in [0.1, 0.15) is 29.3 Å². The number of ether oxygens (including phenoxy) is 3.